The predicted molar refractivity (Wildman–Crippen MR) is 169 cm³/mol. The van der Waals surface area contributed by atoms with Crippen molar-refractivity contribution in [3.8, 4) is 0 Å². The first-order chi connectivity index (χ1) is 22.2. The van der Waals surface area contributed by atoms with Gasteiger partial charge < -0.3 is 19.1 Å². The van der Waals surface area contributed by atoms with Crippen molar-refractivity contribution in [1.29, 1.82) is 0 Å². The van der Waals surface area contributed by atoms with Crippen molar-refractivity contribution in [2.24, 2.45) is 10.2 Å². The third-order valence-electron chi connectivity index (χ3n) is 9.97. The fraction of sp³-hybridized carbons (Fsp3) is 0.382. The van der Waals surface area contributed by atoms with Crippen molar-refractivity contribution in [2.75, 3.05) is 44.2 Å². The molecule has 12 nitrogen and oxygen atoms in total. The van der Waals surface area contributed by atoms with E-state index < -0.39 is 23.9 Å². The van der Waals surface area contributed by atoms with Crippen LogP contribution in [0.25, 0.3) is 0 Å². The van der Waals surface area contributed by atoms with Crippen LogP contribution in [-0.4, -0.2) is 74.8 Å². The van der Waals surface area contributed by atoms with Crippen LogP contribution in [0.3, 0.4) is 0 Å². The van der Waals surface area contributed by atoms with Gasteiger partial charge in [-0.3, -0.25) is 14.7 Å². The first-order valence-electron chi connectivity index (χ1n) is 15.3. The van der Waals surface area contributed by atoms with E-state index in [1.54, 1.807) is 4.90 Å². The second-order valence-electron chi connectivity index (χ2n) is 12.3. The molecule has 2 fully saturated rings. The quantitative estimate of drug-likeness (QED) is 0.253. The first-order valence-corrected chi connectivity index (χ1v) is 15.3. The summed E-state index contributed by atoms with van der Waals surface area (Å²) in [4.78, 5) is 46.5. The van der Waals surface area contributed by atoms with Gasteiger partial charge in [0.1, 0.15) is 30.2 Å². The molecule has 12 heteroatoms. The highest BCUT2D eigenvalue weighted by Crippen LogP contribution is 2.57. The molecule has 0 N–H and O–H groups in total. The smallest absolute Gasteiger partial charge is 0.416 e. The van der Waals surface area contributed by atoms with E-state index in [4.69, 9.17) is 24.4 Å². The molecule has 4 aliphatic rings. The summed E-state index contributed by atoms with van der Waals surface area (Å²) < 4.78 is 16.1. The van der Waals surface area contributed by atoms with Gasteiger partial charge in [-0.25, -0.2) is 14.4 Å². The van der Waals surface area contributed by atoms with Crippen molar-refractivity contribution >= 4 is 35.3 Å². The fourth-order valence-corrected chi connectivity index (χ4v) is 7.93. The highest BCUT2D eigenvalue weighted by Gasteiger charge is 2.62. The molecule has 0 aromatic heterocycles. The highest BCUT2D eigenvalue weighted by molar-refractivity contribution is 5.94. The maximum absolute atomic E-state index is 13.9. The molecule has 0 bridgehead atoms. The number of azo groups is 1. The monoisotopic (exact) mass is 624 g/mol. The molecule has 0 aliphatic carbocycles. The standard InChI is InChI=1S/C34H36N6O6/c1-33-17-19-38(30(41)44-3)28(33)37(2)27-24(33)14-10-15-25(27)35-36-34-18-20-39(31(42)45-4)29(34)40(26-16-9-8-13-23(26)34)32(43)46-21-22-11-6-5-7-12-22/h5-16,28-29H,17-21H2,1-4H3/t28?,29?,33-,34+/m1/s1. The SMILES string of the molecule is COC(=O)N1CC[C@]2(N=Nc3cccc4c3N(C)C3N(C(=O)OC)CC[C@]43C)c3ccccc3N(C(=O)OCc3ccccc3)C12. The highest BCUT2D eigenvalue weighted by atomic mass is 16.6. The maximum Gasteiger partial charge on any atom is 0.416 e. The van der Waals surface area contributed by atoms with Crippen molar-refractivity contribution in [3.63, 3.8) is 0 Å². The minimum Gasteiger partial charge on any atom is -0.453 e. The molecular formula is C34H36N6O6. The predicted octanol–water partition coefficient (Wildman–Crippen LogP) is 6.13. The molecule has 2 saturated heterocycles. The van der Waals surface area contributed by atoms with E-state index in [2.05, 4.69) is 17.9 Å². The van der Waals surface area contributed by atoms with Crippen LogP contribution in [0, 0.1) is 0 Å². The van der Waals surface area contributed by atoms with E-state index in [1.165, 1.54) is 24.0 Å². The zero-order chi connectivity index (χ0) is 32.2. The zero-order valence-electron chi connectivity index (χ0n) is 26.3. The normalized spacial score (nSPS) is 25.7. The van der Waals surface area contributed by atoms with Gasteiger partial charge >= 0.3 is 18.3 Å². The van der Waals surface area contributed by atoms with Crippen molar-refractivity contribution in [3.05, 3.63) is 89.5 Å². The number of carbonyl (C=O) groups excluding carboxylic acids is 3. The first kappa shape index (κ1) is 29.6. The molecule has 46 heavy (non-hydrogen) atoms. The number of carbonyl (C=O) groups is 3. The number of hydrogen-bond acceptors (Lipinski definition) is 9. The average Bonchev–Trinajstić information content (AvgIpc) is 3.78. The number of nitrogens with zero attached hydrogens (tertiary/aromatic N) is 6. The van der Waals surface area contributed by atoms with Crippen LogP contribution in [-0.2, 0) is 31.8 Å². The van der Waals surface area contributed by atoms with Crippen molar-refractivity contribution < 1.29 is 28.6 Å². The molecule has 4 atom stereocenters. The number of likely N-dealkylation sites (N-methyl/N-ethyl adjacent to an activating group) is 1. The van der Waals surface area contributed by atoms with Crippen LogP contribution < -0.4 is 9.80 Å². The van der Waals surface area contributed by atoms with Gasteiger partial charge in [0.25, 0.3) is 0 Å². The lowest BCUT2D eigenvalue weighted by molar-refractivity contribution is 0.104. The molecule has 3 aromatic rings. The van der Waals surface area contributed by atoms with Crippen LogP contribution >= 0.6 is 0 Å². The summed E-state index contributed by atoms with van der Waals surface area (Å²) in [5, 5.41) is 9.93. The Morgan fingerprint density at radius 1 is 0.804 bits per heavy atom. The lowest BCUT2D eigenvalue weighted by atomic mass is 9.81. The number of fused-ring (bicyclic) bond motifs is 6. The minimum absolute atomic E-state index is 0.0722. The molecule has 4 aliphatic heterocycles. The van der Waals surface area contributed by atoms with E-state index in [0.29, 0.717) is 30.9 Å². The molecule has 0 spiro atoms. The van der Waals surface area contributed by atoms with E-state index in [1.807, 2.05) is 73.8 Å². The summed E-state index contributed by atoms with van der Waals surface area (Å²) in [5.41, 5.74) is 3.42. The second-order valence-corrected chi connectivity index (χ2v) is 12.3. The Balaban J connectivity index is 1.29. The number of ether oxygens (including phenoxy) is 3. The van der Waals surface area contributed by atoms with E-state index in [9.17, 15) is 14.4 Å². The summed E-state index contributed by atoms with van der Waals surface area (Å²) in [6.45, 7) is 3.12. The molecule has 0 saturated carbocycles. The van der Waals surface area contributed by atoms with E-state index in [0.717, 1.165) is 28.8 Å². The van der Waals surface area contributed by atoms with Crippen LogP contribution in [0.5, 0.6) is 0 Å². The maximum atomic E-state index is 13.9. The minimum atomic E-state index is -1.08. The summed E-state index contributed by atoms with van der Waals surface area (Å²) in [5.74, 6) is 0. The summed E-state index contributed by atoms with van der Waals surface area (Å²) >= 11 is 0. The summed E-state index contributed by atoms with van der Waals surface area (Å²) in [6, 6.07) is 22.9. The third-order valence-corrected chi connectivity index (χ3v) is 9.97. The Hall–Kier alpha value is -5.13. The Morgan fingerprint density at radius 3 is 2.20 bits per heavy atom. The molecule has 238 valence electrons. The number of hydrogen-bond donors (Lipinski definition) is 0. The molecule has 3 amide bonds. The number of anilines is 2. The van der Waals surface area contributed by atoms with E-state index >= 15 is 0 Å². The Morgan fingerprint density at radius 2 is 1.46 bits per heavy atom. The number of benzene rings is 3. The Kier molecular flexibility index (Phi) is 7.10. The number of likely N-dealkylation sites (tertiary alicyclic amines) is 2. The molecular weight excluding hydrogens is 588 g/mol. The average molecular weight is 625 g/mol. The number of para-hydroxylation sites is 2. The Bertz CT molecular complexity index is 1730. The molecule has 2 unspecified atom stereocenters. The van der Waals surface area contributed by atoms with Gasteiger partial charge in [-0.15, -0.1) is 0 Å². The number of methoxy groups -OCH3 is 2. The molecule has 0 radical (unpaired) electrons. The van der Waals surface area contributed by atoms with Gasteiger partial charge in [-0.05, 0) is 29.7 Å². The van der Waals surface area contributed by atoms with Crippen LogP contribution in [0.2, 0.25) is 0 Å². The number of rotatable bonds is 4. The van der Waals surface area contributed by atoms with Crippen LogP contribution in [0.4, 0.5) is 31.4 Å². The Labute approximate surface area is 267 Å². The van der Waals surface area contributed by atoms with E-state index in [-0.39, 0.29) is 24.3 Å². The third kappa shape index (κ3) is 4.22. The fourth-order valence-electron chi connectivity index (χ4n) is 7.93. The van der Waals surface area contributed by atoms with Crippen LogP contribution in [0.1, 0.15) is 36.5 Å². The van der Waals surface area contributed by atoms with Crippen molar-refractivity contribution in [1.82, 2.24) is 9.80 Å². The second kappa shape index (κ2) is 11.0. The lowest BCUT2D eigenvalue weighted by Gasteiger charge is -2.34. The number of amides is 3. The van der Waals surface area contributed by atoms with Gasteiger partial charge in [-0.2, -0.15) is 10.2 Å². The summed E-state index contributed by atoms with van der Waals surface area (Å²) in [7, 11) is 4.68. The van der Waals surface area contributed by atoms with Crippen molar-refractivity contribution in [2.45, 2.75) is 49.7 Å². The van der Waals surface area contributed by atoms with Gasteiger partial charge in [-0.1, -0.05) is 67.6 Å². The largest absolute Gasteiger partial charge is 0.453 e. The lowest BCUT2D eigenvalue weighted by Crippen LogP contribution is -2.53. The zero-order valence-corrected chi connectivity index (χ0v) is 26.3. The van der Waals surface area contributed by atoms with Gasteiger partial charge in [0.2, 0.25) is 0 Å². The van der Waals surface area contributed by atoms with Gasteiger partial charge in [0, 0.05) is 37.5 Å². The summed E-state index contributed by atoms with van der Waals surface area (Å²) in [6.07, 6.45) is -1.44. The molecule has 3 aromatic carbocycles. The van der Waals surface area contributed by atoms with Crippen LogP contribution in [0.15, 0.2) is 83.0 Å². The molecule has 7 rings (SSSR count). The van der Waals surface area contributed by atoms with Gasteiger partial charge in [0.05, 0.1) is 25.6 Å². The topological polar surface area (TPSA) is 117 Å². The van der Waals surface area contributed by atoms with Gasteiger partial charge in [0.15, 0.2) is 0 Å². The molecule has 4 heterocycles.